The Kier molecular flexibility index (Phi) is 5.93. The van der Waals surface area contributed by atoms with Crippen molar-refractivity contribution in [3.05, 3.63) is 35.4 Å². The number of halogens is 1. The normalized spacial score (nSPS) is 11.6. The Bertz CT molecular complexity index is 330. The number of hydrogen-bond acceptors (Lipinski definition) is 3. The molecule has 0 aliphatic carbocycles. The molecule has 1 aromatic rings. The molecule has 4 nitrogen and oxygen atoms in total. The molecule has 0 aliphatic heterocycles. The third-order valence-electron chi connectivity index (χ3n) is 2.03. The lowest BCUT2D eigenvalue weighted by atomic mass is 9.99. The number of carboxylic acid groups (broad SMARTS) is 1. The highest BCUT2D eigenvalue weighted by atomic mass is 35.5. The van der Waals surface area contributed by atoms with Crippen LogP contribution >= 0.6 is 12.4 Å². The van der Waals surface area contributed by atoms with Gasteiger partial charge in [-0.25, -0.2) is 4.79 Å². The van der Waals surface area contributed by atoms with E-state index >= 15 is 0 Å². The van der Waals surface area contributed by atoms with Crippen LogP contribution < -0.4 is 5.73 Å². The fourth-order valence-corrected chi connectivity index (χ4v) is 1.31. The van der Waals surface area contributed by atoms with E-state index in [2.05, 4.69) is 0 Å². The van der Waals surface area contributed by atoms with Crippen LogP contribution in [0.3, 0.4) is 0 Å². The van der Waals surface area contributed by atoms with Crippen LogP contribution in [-0.2, 0) is 0 Å². The van der Waals surface area contributed by atoms with Crippen molar-refractivity contribution in [2.75, 3.05) is 6.61 Å². The van der Waals surface area contributed by atoms with Crippen LogP contribution in [0.2, 0.25) is 0 Å². The second-order valence-electron chi connectivity index (χ2n) is 3.01. The van der Waals surface area contributed by atoms with E-state index in [9.17, 15) is 4.79 Å². The first-order chi connectivity index (χ1) is 6.66. The van der Waals surface area contributed by atoms with E-state index in [1.165, 1.54) is 6.07 Å². The second-order valence-corrected chi connectivity index (χ2v) is 3.01. The molecule has 84 valence electrons. The summed E-state index contributed by atoms with van der Waals surface area (Å²) in [5.41, 5.74) is 6.49. The molecule has 15 heavy (non-hydrogen) atoms. The minimum atomic E-state index is -0.992. The molecule has 1 aromatic carbocycles. The summed E-state index contributed by atoms with van der Waals surface area (Å²) < 4.78 is 0. The van der Waals surface area contributed by atoms with Crippen LogP contribution in [0.1, 0.15) is 28.4 Å². The number of aliphatic hydroxyl groups excluding tert-OH is 1. The van der Waals surface area contributed by atoms with Gasteiger partial charge in [0, 0.05) is 12.6 Å². The molecule has 1 rings (SSSR count). The molecule has 0 saturated carbocycles. The van der Waals surface area contributed by atoms with Gasteiger partial charge in [0.15, 0.2) is 0 Å². The first-order valence-electron chi connectivity index (χ1n) is 4.35. The van der Waals surface area contributed by atoms with Crippen LogP contribution in [0.25, 0.3) is 0 Å². The number of benzene rings is 1. The highest BCUT2D eigenvalue weighted by molar-refractivity contribution is 5.89. The quantitative estimate of drug-likeness (QED) is 0.727. The van der Waals surface area contributed by atoms with Crippen molar-refractivity contribution in [3.63, 3.8) is 0 Å². The molecule has 0 radical (unpaired) electrons. The molecule has 0 unspecified atom stereocenters. The largest absolute Gasteiger partial charge is 0.478 e. The number of carboxylic acids is 1. The van der Waals surface area contributed by atoms with Crippen molar-refractivity contribution in [1.29, 1.82) is 0 Å². The predicted octanol–water partition coefficient (Wildman–Crippen LogP) is 1.19. The third-order valence-corrected chi connectivity index (χ3v) is 2.03. The van der Waals surface area contributed by atoms with Gasteiger partial charge in [0.05, 0.1) is 5.56 Å². The van der Waals surface area contributed by atoms with Gasteiger partial charge >= 0.3 is 5.97 Å². The number of carbonyl (C=O) groups is 1. The van der Waals surface area contributed by atoms with Crippen molar-refractivity contribution in [3.8, 4) is 0 Å². The average Bonchev–Trinajstić information content (AvgIpc) is 2.18. The molecule has 4 N–H and O–H groups in total. The van der Waals surface area contributed by atoms with Gasteiger partial charge in [-0.05, 0) is 18.1 Å². The summed E-state index contributed by atoms with van der Waals surface area (Å²) in [5.74, 6) is -0.992. The molecule has 0 saturated heterocycles. The van der Waals surface area contributed by atoms with Gasteiger partial charge in [-0.3, -0.25) is 0 Å². The Morgan fingerprint density at radius 3 is 2.53 bits per heavy atom. The minimum absolute atomic E-state index is 0. The zero-order valence-corrected chi connectivity index (χ0v) is 8.91. The zero-order chi connectivity index (χ0) is 10.6. The van der Waals surface area contributed by atoms with Gasteiger partial charge in [-0.15, -0.1) is 12.4 Å². The maximum absolute atomic E-state index is 10.8. The third kappa shape index (κ3) is 3.51. The van der Waals surface area contributed by atoms with E-state index in [-0.39, 0.29) is 24.6 Å². The Hall–Kier alpha value is -1.10. The molecular formula is C10H14ClNO3. The van der Waals surface area contributed by atoms with Crippen molar-refractivity contribution in [1.82, 2.24) is 0 Å². The topological polar surface area (TPSA) is 83.5 Å². The molecule has 0 fully saturated rings. The summed E-state index contributed by atoms with van der Waals surface area (Å²) in [7, 11) is 0. The maximum Gasteiger partial charge on any atom is 0.336 e. The second kappa shape index (κ2) is 6.40. The Morgan fingerprint density at radius 1 is 1.40 bits per heavy atom. The fraction of sp³-hybridized carbons (Fsp3) is 0.300. The molecule has 0 aromatic heterocycles. The minimum Gasteiger partial charge on any atom is -0.478 e. The summed E-state index contributed by atoms with van der Waals surface area (Å²) in [6, 6.07) is 6.14. The van der Waals surface area contributed by atoms with Crippen molar-refractivity contribution >= 4 is 18.4 Å². The Balaban J connectivity index is 0.00000196. The van der Waals surface area contributed by atoms with Gasteiger partial charge in [0.2, 0.25) is 0 Å². The summed E-state index contributed by atoms with van der Waals surface area (Å²) in [4.78, 5) is 10.8. The standard InChI is InChI=1S/C10H13NO3.ClH/c11-9(5-6-12)7-3-1-2-4-8(7)10(13)14;/h1-4,9,12H,5-6,11H2,(H,13,14);1H/t9-;/m0./s1. The Labute approximate surface area is 94.1 Å². The summed E-state index contributed by atoms with van der Waals surface area (Å²) in [5, 5.41) is 17.6. The van der Waals surface area contributed by atoms with Crippen LogP contribution in [0.15, 0.2) is 24.3 Å². The van der Waals surface area contributed by atoms with Crippen molar-refractivity contribution in [2.45, 2.75) is 12.5 Å². The smallest absolute Gasteiger partial charge is 0.336 e. The van der Waals surface area contributed by atoms with E-state index in [1.54, 1.807) is 18.2 Å². The van der Waals surface area contributed by atoms with E-state index in [1.807, 2.05) is 0 Å². The van der Waals surface area contributed by atoms with Crippen LogP contribution in [-0.4, -0.2) is 22.8 Å². The molecular weight excluding hydrogens is 218 g/mol. The average molecular weight is 232 g/mol. The van der Waals surface area contributed by atoms with Crippen LogP contribution in [0.5, 0.6) is 0 Å². The predicted molar refractivity (Wildman–Crippen MR) is 59.3 cm³/mol. The lowest BCUT2D eigenvalue weighted by molar-refractivity contribution is 0.0694. The zero-order valence-electron chi connectivity index (χ0n) is 8.09. The molecule has 5 heteroatoms. The fourth-order valence-electron chi connectivity index (χ4n) is 1.31. The molecule has 0 heterocycles. The SMILES string of the molecule is Cl.N[C@@H](CCO)c1ccccc1C(=O)O. The Morgan fingerprint density at radius 2 is 2.00 bits per heavy atom. The van der Waals surface area contributed by atoms with Gasteiger partial charge in [-0.1, -0.05) is 18.2 Å². The van der Waals surface area contributed by atoms with Gasteiger partial charge in [0.25, 0.3) is 0 Å². The van der Waals surface area contributed by atoms with E-state index in [0.717, 1.165) is 0 Å². The van der Waals surface area contributed by atoms with Gasteiger partial charge < -0.3 is 15.9 Å². The molecule has 0 amide bonds. The van der Waals surface area contributed by atoms with E-state index < -0.39 is 12.0 Å². The molecule has 0 bridgehead atoms. The van der Waals surface area contributed by atoms with Gasteiger partial charge in [0.1, 0.15) is 0 Å². The molecule has 0 aliphatic rings. The number of aliphatic hydroxyl groups is 1. The maximum atomic E-state index is 10.8. The van der Waals surface area contributed by atoms with Crippen LogP contribution in [0, 0.1) is 0 Å². The van der Waals surface area contributed by atoms with Crippen molar-refractivity contribution < 1.29 is 15.0 Å². The first kappa shape index (κ1) is 13.9. The highest BCUT2D eigenvalue weighted by Crippen LogP contribution is 2.18. The van der Waals surface area contributed by atoms with Crippen molar-refractivity contribution in [2.24, 2.45) is 5.73 Å². The van der Waals surface area contributed by atoms with E-state index in [0.29, 0.717) is 12.0 Å². The lowest BCUT2D eigenvalue weighted by Gasteiger charge is -2.12. The van der Waals surface area contributed by atoms with E-state index in [4.69, 9.17) is 15.9 Å². The van der Waals surface area contributed by atoms with Gasteiger partial charge in [-0.2, -0.15) is 0 Å². The number of nitrogens with two attached hydrogens (primary N) is 1. The first-order valence-corrected chi connectivity index (χ1v) is 4.35. The summed E-state index contributed by atoms with van der Waals surface area (Å²) in [6.07, 6.45) is 0.365. The number of hydrogen-bond donors (Lipinski definition) is 3. The highest BCUT2D eigenvalue weighted by Gasteiger charge is 2.14. The number of rotatable bonds is 4. The lowest BCUT2D eigenvalue weighted by Crippen LogP contribution is -2.16. The molecule has 1 atom stereocenters. The molecule has 0 spiro atoms. The number of aromatic carboxylic acids is 1. The van der Waals surface area contributed by atoms with Crippen LogP contribution in [0.4, 0.5) is 0 Å². The monoisotopic (exact) mass is 231 g/mol. The summed E-state index contributed by atoms with van der Waals surface area (Å²) >= 11 is 0. The summed E-state index contributed by atoms with van der Waals surface area (Å²) in [6.45, 7) is -0.0465.